The predicted molar refractivity (Wildman–Crippen MR) is 31.0 cm³/mol. The van der Waals surface area contributed by atoms with E-state index in [4.69, 9.17) is 5.11 Å². The number of allylic oxidation sites excluding steroid dienone is 1. The molecule has 0 unspecified atom stereocenters. The smallest absolute Gasteiger partial charge is 0.0678 e. The molecule has 0 spiro atoms. The molecule has 0 radical (unpaired) electrons. The minimum Gasteiger partial charge on any atom is -0.392 e. The van der Waals surface area contributed by atoms with E-state index in [2.05, 4.69) is 6.58 Å². The molecule has 0 bridgehead atoms. The molecule has 1 N–H and O–H groups in total. The third-order valence-electron chi connectivity index (χ3n) is 0.816. The van der Waals surface area contributed by atoms with Gasteiger partial charge in [0.15, 0.2) is 0 Å². The molecule has 0 fully saturated rings. The Morgan fingerprint density at radius 1 is 1.86 bits per heavy atom. The normalized spacial score (nSPS) is 11.4. The van der Waals surface area contributed by atoms with Crippen LogP contribution in [0.2, 0.25) is 0 Å². The van der Waals surface area contributed by atoms with Crippen molar-refractivity contribution in [3.63, 3.8) is 0 Å². The van der Waals surface area contributed by atoms with Gasteiger partial charge in [-0.1, -0.05) is 18.7 Å². The van der Waals surface area contributed by atoms with E-state index in [0.29, 0.717) is 0 Å². The van der Waals surface area contributed by atoms with Crippen molar-refractivity contribution < 1.29 is 5.11 Å². The minimum absolute atomic E-state index is 0.0972. The SMILES string of the molecule is C=CC(=CC)CO. The number of rotatable bonds is 2. The van der Waals surface area contributed by atoms with Gasteiger partial charge in [-0.05, 0) is 12.5 Å². The Bertz CT molecular complexity index is 82.2. The maximum absolute atomic E-state index is 8.39. The first-order chi connectivity index (χ1) is 3.35. The van der Waals surface area contributed by atoms with Crippen molar-refractivity contribution in [2.24, 2.45) is 0 Å². The average molecular weight is 98.1 g/mol. The third kappa shape index (κ3) is 2.18. The van der Waals surface area contributed by atoms with Gasteiger partial charge in [-0.15, -0.1) is 0 Å². The number of hydrogen-bond acceptors (Lipinski definition) is 1. The topological polar surface area (TPSA) is 20.2 Å². The molecule has 40 valence electrons. The summed E-state index contributed by atoms with van der Waals surface area (Å²) >= 11 is 0. The van der Waals surface area contributed by atoms with Gasteiger partial charge >= 0.3 is 0 Å². The summed E-state index contributed by atoms with van der Waals surface area (Å²) in [5.74, 6) is 0. The quantitative estimate of drug-likeness (QED) is 0.513. The highest BCUT2D eigenvalue weighted by Gasteiger charge is 1.78. The van der Waals surface area contributed by atoms with Crippen LogP contribution >= 0.6 is 0 Å². The fraction of sp³-hybridized carbons (Fsp3) is 0.333. The van der Waals surface area contributed by atoms with E-state index in [1.54, 1.807) is 6.08 Å². The minimum atomic E-state index is 0.0972. The molecule has 1 nitrogen and oxygen atoms in total. The standard InChI is InChI=1S/C6H10O/c1-3-6(4-2)5-7/h3-4,7H,1,5H2,2H3. The summed E-state index contributed by atoms with van der Waals surface area (Å²) in [5.41, 5.74) is 0.875. The fourth-order valence-electron chi connectivity index (χ4n) is 0.274. The van der Waals surface area contributed by atoms with Gasteiger partial charge in [-0.2, -0.15) is 0 Å². The van der Waals surface area contributed by atoms with Crippen LogP contribution in [0.4, 0.5) is 0 Å². The van der Waals surface area contributed by atoms with Crippen molar-refractivity contribution in [2.45, 2.75) is 6.92 Å². The molecule has 7 heavy (non-hydrogen) atoms. The van der Waals surface area contributed by atoms with E-state index < -0.39 is 0 Å². The van der Waals surface area contributed by atoms with Crippen LogP contribution in [0.1, 0.15) is 6.92 Å². The molecule has 0 aromatic carbocycles. The molecule has 0 aromatic rings. The van der Waals surface area contributed by atoms with Crippen molar-refractivity contribution in [3.05, 3.63) is 24.3 Å². The Morgan fingerprint density at radius 2 is 2.43 bits per heavy atom. The van der Waals surface area contributed by atoms with Crippen LogP contribution in [0.5, 0.6) is 0 Å². The van der Waals surface area contributed by atoms with Crippen LogP contribution < -0.4 is 0 Å². The Hall–Kier alpha value is -0.560. The van der Waals surface area contributed by atoms with Crippen molar-refractivity contribution >= 4 is 0 Å². The zero-order chi connectivity index (χ0) is 5.70. The summed E-state index contributed by atoms with van der Waals surface area (Å²) in [4.78, 5) is 0. The highest BCUT2D eigenvalue weighted by Crippen LogP contribution is 1.89. The zero-order valence-corrected chi connectivity index (χ0v) is 4.52. The van der Waals surface area contributed by atoms with Crippen molar-refractivity contribution in [3.8, 4) is 0 Å². The Kier molecular flexibility index (Phi) is 3.33. The molecular weight excluding hydrogens is 88.1 g/mol. The van der Waals surface area contributed by atoms with Gasteiger partial charge in [0.25, 0.3) is 0 Å². The van der Waals surface area contributed by atoms with E-state index in [0.717, 1.165) is 5.57 Å². The summed E-state index contributed by atoms with van der Waals surface area (Å²) in [7, 11) is 0. The molecule has 0 heterocycles. The molecular formula is C6H10O. The first-order valence-electron chi connectivity index (χ1n) is 2.23. The van der Waals surface area contributed by atoms with Gasteiger partial charge in [0.1, 0.15) is 0 Å². The summed E-state index contributed by atoms with van der Waals surface area (Å²) in [6.45, 7) is 5.44. The van der Waals surface area contributed by atoms with Crippen molar-refractivity contribution in [1.82, 2.24) is 0 Å². The molecule has 1 heteroatoms. The van der Waals surface area contributed by atoms with Crippen LogP contribution in [0, 0.1) is 0 Å². The number of aliphatic hydroxyl groups excluding tert-OH is 1. The second-order valence-corrected chi connectivity index (χ2v) is 1.23. The molecule has 0 aliphatic heterocycles. The lowest BCUT2D eigenvalue weighted by Crippen LogP contribution is -1.81. The van der Waals surface area contributed by atoms with Crippen molar-refractivity contribution in [2.75, 3.05) is 6.61 Å². The molecule has 0 saturated heterocycles. The van der Waals surface area contributed by atoms with Gasteiger partial charge in [-0.3, -0.25) is 0 Å². The van der Waals surface area contributed by atoms with Crippen LogP contribution in [0.3, 0.4) is 0 Å². The molecule has 0 atom stereocenters. The zero-order valence-electron chi connectivity index (χ0n) is 4.52. The van der Waals surface area contributed by atoms with Gasteiger partial charge in [0.2, 0.25) is 0 Å². The van der Waals surface area contributed by atoms with Crippen LogP contribution in [-0.4, -0.2) is 11.7 Å². The van der Waals surface area contributed by atoms with E-state index in [-0.39, 0.29) is 6.61 Å². The third-order valence-corrected chi connectivity index (χ3v) is 0.816. The van der Waals surface area contributed by atoms with E-state index >= 15 is 0 Å². The van der Waals surface area contributed by atoms with Gasteiger partial charge in [0, 0.05) is 0 Å². The predicted octanol–water partition coefficient (Wildman–Crippen LogP) is 1.11. The van der Waals surface area contributed by atoms with E-state index in [1.165, 1.54) is 0 Å². The Morgan fingerprint density at radius 3 is 2.43 bits per heavy atom. The lowest BCUT2D eigenvalue weighted by atomic mass is 10.3. The monoisotopic (exact) mass is 98.1 g/mol. The van der Waals surface area contributed by atoms with Crippen LogP contribution in [0.15, 0.2) is 24.3 Å². The summed E-state index contributed by atoms with van der Waals surface area (Å²) < 4.78 is 0. The van der Waals surface area contributed by atoms with E-state index in [9.17, 15) is 0 Å². The lowest BCUT2D eigenvalue weighted by molar-refractivity contribution is 0.335. The van der Waals surface area contributed by atoms with Gasteiger partial charge in [-0.25, -0.2) is 0 Å². The maximum atomic E-state index is 8.39. The van der Waals surface area contributed by atoms with Crippen LogP contribution in [0.25, 0.3) is 0 Å². The van der Waals surface area contributed by atoms with E-state index in [1.807, 2.05) is 13.0 Å². The molecule has 0 rings (SSSR count). The number of hydrogen-bond donors (Lipinski definition) is 1. The van der Waals surface area contributed by atoms with Crippen molar-refractivity contribution in [1.29, 1.82) is 0 Å². The largest absolute Gasteiger partial charge is 0.392 e. The second-order valence-electron chi connectivity index (χ2n) is 1.23. The Balaban J connectivity index is 3.60. The first kappa shape index (κ1) is 6.44. The average Bonchev–Trinajstić information content (AvgIpc) is 1.72. The molecule has 0 aliphatic rings. The lowest BCUT2D eigenvalue weighted by Gasteiger charge is -1.87. The Labute approximate surface area is 44.0 Å². The summed E-state index contributed by atoms with van der Waals surface area (Å²) in [6.07, 6.45) is 3.47. The summed E-state index contributed by atoms with van der Waals surface area (Å²) in [5, 5.41) is 8.39. The van der Waals surface area contributed by atoms with Crippen LogP contribution in [-0.2, 0) is 0 Å². The maximum Gasteiger partial charge on any atom is 0.0678 e. The van der Waals surface area contributed by atoms with Gasteiger partial charge in [0.05, 0.1) is 6.61 Å². The molecule has 0 aromatic heterocycles. The second kappa shape index (κ2) is 3.62. The number of aliphatic hydroxyl groups is 1. The first-order valence-corrected chi connectivity index (χ1v) is 2.23. The highest BCUT2D eigenvalue weighted by atomic mass is 16.3. The molecule has 0 saturated carbocycles. The van der Waals surface area contributed by atoms with Gasteiger partial charge < -0.3 is 5.11 Å². The molecule has 0 amide bonds. The molecule has 0 aliphatic carbocycles. The summed E-state index contributed by atoms with van der Waals surface area (Å²) in [6, 6.07) is 0. The fourth-order valence-corrected chi connectivity index (χ4v) is 0.274. The highest BCUT2D eigenvalue weighted by molar-refractivity contribution is 5.14.